The molecule has 27 heavy (non-hydrogen) atoms. The summed E-state index contributed by atoms with van der Waals surface area (Å²) in [5.41, 5.74) is 10.1. The second kappa shape index (κ2) is 5.88. The van der Waals surface area contributed by atoms with Crippen molar-refractivity contribution >= 4 is 17.1 Å². The molecular formula is C25H24N2. The summed E-state index contributed by atoms with van der Waals surface area (Å²) >= 11 is 0. The van der Waals surface area contributed by atoms with E-state index in [9.17, 15) is 0 Å². The molecule has 0 saturated heterocycles. The molecule has 0 fully saturated rings. The summed E-state index contributed by atoms with van der Waals surface area (Å²) in [7, 11) is 0. The Bertz CT molecular complexity index is 977. The molecule has 1 N–H and O–H groups in total. The van der Waals surface area contributed by atoms with Gasteiger partial charge in [0.1, 0.15) is 0 Å². The third-order valence-electron chi connectivity index (χ3n) is 6.71. The van der Waals surface area contributed by atoms with Gasteiger partial charge in [-0.15, -0.1) is 0 Å². The number of fused-ring (bicyclic) bond motifs is 2. The van der Waals surface area contributed by atoms with Gasteiger partial charge in [-0.3, -0.25) is 0 Å². The fourth-order valence-electron chi connectivity index (χ4n) is 5.60. The number of nitrogens with zero attached hydrogens (tertiary/aromatic N) is 1. The topological polar surface area (TPSA) is 15.3 Å². The van der Waals surface area contributed by atoms with E-state index in [1.807, 2.05) is 0 Å². The fraction of sp³-hybridized carbons (Fsp3) is 0.280. The molecule has 0 aromatic heterocycles. The highest BCUT2D eigenvalue weighted by molar-refractivity contribution is 5.75. The number of rotatable bonds is 1. The summed E-state index contributed by atoms with van der Waals surface area (Å²) < 4.78 is 0. The SMILES string of the molecule is c1ccc2c(c1)Nc1ccccc1C2C1CCN2CCCc3cccc1c32. The molecular weight excluding hydrogens is 328 g/mol. The lowest BCUT2D eigenvalue weighted by Gasteiger charge is -2.44. The Balaban J connectivity index is 1.56. The molecule has 0 aliphatic carbocycles. The maximum absolute atomic E-state index is 3.67. The van der Waals surface area contributed by atoms with Gasteiger partial charge in [-0.05, 0) is 59.6 Å². The van der Waals surface area contributed by atoms with Gasteiger partial charge in [0.2, 0.25) is 0 Å². The van der Waals surface area contributed by atoms with Crippen LogP contribution in [0.1, 0.15) is 46.9 Å². The minimum atomic E-state index is 0.425. The van der Waals surface area contributed by atoms with Crippen molar-refractivity contribution in [1.82, 2.24) is 0 Å². The van der Waals surface area contributed by atoms with Crippen molar-refractivity contribution in [3.63, 3.8) is 0 Å². The average Bonchev–Trinajstić information content (AvgIpc) is 2.73. The maximum atomic E-state index is 3.67. The van der Waals surface area contributed by atoms with Crippen LogP contribution in [-0.4, -0.2) is 13.1 Å². The largest absolute Gasteiger partial charge is 0.371 e. The summed E-state index contributed by atoms with van der Waals surface area (Å²) in [6, 6.07) is 24.8. The predicted octanol–water partition coefficient (Wildman–Crippen LogP) is 5.82. The monoisotopic (exact) mass is 352 g/mol. The average molecular weight is 352 g/mol. The molecule has 2 heteroatoms. The van der Waals surface area contributed by atoms with Crippen LogP contribution in [0.25, 0.3) is 0 Å². The predicted molar refractivity (Wildman–Crippen MR) is 112 cm³/mol. The Hall–Kier alpha value is -2.74. The molecule has 0 saturated carbocycles. The summed E-state index contributed by atoms with van der Waals surface area (Å²) in [4.78, 5) is 2.64. The zero-order valence-electron chi connectivity index (χ0n) is 15.5. The van der Waals surface area contributed by atoms with E-state index in [0.717, 1.165) is 0 Å². The molecule has 2 nitrogen and oxygen atoms in total. The molecule has 3 aliphatic heterocycles. The zero-order chi connectivity index (χ0) is 17.8. The second-order valence-corrected chi connectivity index (χ2v) is 8.12. The van der Waals surface area contributed by atoms with E-state index in [1.165, 1.54) is 54.9 Å². The first kappa shape index (κ1) is 15.3. The van der Waals surface area contributed by atoms with Crippen LogP contribution in [0, 0.1) is 0 Å². The molecule has 3 heterocycles. The molecule has 0 spiro atoms. The third kappa shape index (κ3) is 2.26. The zero-order valence-corrected chi connectivity index (χ0v) is 15.5. The van der Waals surface area contributed by atoms with E-state index in [-0.39, 0.29) is 0 Å². The number of anilines is 3. The van der Waals surface area contributed by atoms with Crippen LogP contribution in [0.15, 0.2) is 66.7 Å². The number of aryl methyl sites for hydroxylation is 1. The number of hydrogen-bond donors (Lipinski definition) is 1. The molecule has 3 aromatic rings. The van der Waals surface area contributed by atoms with Crippen LogP contribution in [-0.2, 0) is 6.42 Å². The Labute approximate surface area is 160 Å². The van der Waals surface area contributed by atoms with Crippen LogP contribution in [0.4, 0.5) is 17.1 Å². The van der Waals surface area contributed by atoms with Crippen LogP contribution < -0.4 is 10.2 Å². The van der Waals surface area contributed by atoms with Crippen molar-refractivity contribution in [3.8, 4) is 0 Å². The summed E-state index contributed by atoms with van der Waals surface area (Å²) in [5, 5.41) is 3.67. The smallest absolute Gasteiger partial charge is 0.0434 e. The van der Waals surface area contributed by atoms with E-state index in [1.54, 1.807) is 16.8 Å². The first-order valence-corrected chi connectivity index (χ1v) is 10.2. The van der Waals surface area contributed by atoms with Crippen molar-refractivity contribution in [2.75, 3.05) is 23.3 Å². The summed E-state index contributed by atoms with van der Waals surface area (Å²) in [5.74, 6) is 0.966. The Morgan fingerprint density at radius 3 is 2.22 bits per heavy atom. The summed E-state index contributed by atoms with van der Waals surface area (Å²) in [6.07, 6.45) is 3.75. The fourth-order valence-corrected chi connectivity index (χ4v) is 5.60. The van der Waals surface area contributed by atoms with E-state index < -0.39 is 0 Å². The minimum absolute atomic E-state index is 0.425. The number of para-hydroxylation sites is 3. The quantitative estimate of drug-likeness (QED) is 0.594. The third-order valence-corrected chi connectivity index (χ3v) is 6.71. The van der Waals surface area contributed by atoms with Crippen molar-refractivity contribution in [3.05, 3.63) is 89.0 Å². The van der Waals surface area contributed by atoms with Crippen LogP contribution in [0.2, 0.25) is 0 Å². The van der Waals surface area contributed by atoms with Gasteiger partial charge < -0.3 is 10.2 Å². The van der Waals surface area contributed by atoms with E-state index in [2.05, 4.69) is 76.9 Å². The maximum Gasteiger partial charge on any atom is 0.0434 e. The summed E-state index contributed by atoms with van der Waals surface area (Å²) in [6.45, 7) is 2.40. The van der Waals surface area contributed by atoms with Crippen LogP contribution >= 0.6 is 0 Å². The number of benzene rings is 3. The Morgan fingerprint density at radius 1 is 0.741 bits per heavy atom. The Morgan fingerprint density at radius 2 is 1.44 bits per heavy atom. The van der Waals surface area contributed by atoms with Gasteiger partial charge >= 0.3 is 0 Å². The van der Waals surface area contributed by atoms with Gasteiger partial charge in [0.05, 0.1) is 0 Å². The highest BCUT2D eigenvalue weighted by Crippen LogP contribution is 2.53. The standard InChI is InChI=1S/C25H24N2/c1-3-12-22-20(9-1)24(21-10-2-4-13-23(21)26-22)18-14-16-27-15-6-8-17-7-5-11-19(18)25(17)27/h1-5,7,9-13,18,24,26H,6,8,14-16H2. The van der Waals surface area contributed by atoms with Crippen LogP contribution in [0.3, 0.4) is 0 Å². The minimum Gasteiger partial charge on any atom is -0.371 e. The van der Waals surface area contributed by atoms with Gasteiger partial charge in [0.25, 0.3) is 0 Å². The molecule has 0 radical (unpaired) electrons. The highest BCUT2D eigenvalue weighted by Gasteiger charge is 2.38. The molecule has 1 atom stereocenters. The van der Waals surface area contributed by atoms with Crippen molar-refractivity contribution in [2.45, 2.75) is 31.1 Å². The molecule has 1 unspecified atom stereocenters. The molecule has 3 aromatic carbocycles. The van der Waals surface area contributed by atoms with Crippen molar-refractivity contribution in [1.29, 1.82) is 0 Å². The van der Waals surface area contributed by atoms with E-state index in [0.29, 0.717) is 11.8 Å². The van der Waals surface area contributed by atoms with Gasteiger partial charge in [-0.1, -0.05) is 54.6 Å². The lowest BCUT2D eigenvalue weighted by Crippen LogP contribution is -2.37. The molecule has 3 aliphatic rings. The lowest BCUT2D eigenvalue weighted by atomic mass is 9.70. The van der Waals surface area contributed by atoms with E-state index >= 15 is 0 Å². The number of hydrogen-bond acceptors (Lipinski definition) is 2. The van der Waals surface area contributed by atoms with E-state index in [4.69, 9.17) is 0 Å². The first-order valence-electron chi connectivity index (χ1n) is 10.2. The van der Waals surface area contributed by atoms with Crippen LogP contribution in [0.5, 0.6) is 0 Å². The van der Waals surface area contributed by atoms with Gasteiger partial charge in [-0.2, -0.15) is 0 Å². The molecule has 134 valence electrons. The highest BCUT2D eigenvalue weighted by atomic mass is 15.1. The molecule has 6 rings (SSSR count). The normalized spacial score (nSPS) is 20.3. The first-order chi connectivity index (χ1) is 13.4. The number of nitrogens with one attached hydrogen (secondary N) is 1. The second-order valence-electron chi connectivity index (χ2n) is 8.12. The van der Waals surface area contributed by atoms with Crippen molar-refractivity contribution < 1.29 is 0 Å². The van der Waals surface area contributed by atoms with Gasteiger partial charge in [-0.25, -0.2) is 0 Å². The Kier molecular flexibility index (Phi) is 3.34. The van der Waals surface area contributed by atoms with Gasteiger partial charge in [0.15, 0.2) is 0 Å². The van der Waals surface area contributed by atoms with Crippen molar-refractivity contribution in [2.24, 2.45) is 0 Å². The molecule has 0 bridgehead atoms. The lowest BCUT2D eigenvalue weighted by molar-refractivity contribution is 0.512. The van der Waals surface area contributed by atoms with Gasteiger partial charge in [0, 0.05) is 36.1 Å². The molecule has 0 amide bonds.